The van der Waals surface area contributed by atoms with Crippen LogP contribution in [-0.2, 0) is 29.0 Å². The predicted octanol–water partition coefficient (Wildman–Crippen LogP) is 4.47. The van der Waals surface area contributed by atoms with Crippen LogP contribution in [0.15, 0.2) is 48.4 Å². The number of aliphatic carboxylic acids is 2. The van der Waals surface area contributed by atoms with E-state index in [2.05, 4.69) is 43.4 Å². The first-order valence-corrected chi connectivity index (χ1v) is 11.2. The highest BCUT2D eigenvalue weighted by Crippen LogP contribution is 2.26. The number of thiophene rings is 1. The molecule has 2 N–H and O–H groups in total. The number of fused-ring (bicyclic) bond motifs is 1. The zero-order valence-corrected chi connectivity index (χ0v) is 19.6. The molecule has 1 aliphatic heterocycles. The summed E-state index contributed by atoms with van der Waals surface area (Å²) < 4.78 is 63.5. The summed E-state index contributed by atoms with van der Waals surface area (Å²) in [6.45, 7) is 3.13. The lowest BCUT2D eigenvalue weighted by Crippen LogP contribution is -2.25. The molecule has 4 rings (SSSR count). The number of carboxylic acid groups (broad SMARTS) is 2. The summed E-state index contributed by atoms with van der Waals surface area (Å²) in [5.41, 5.74) is 4.60. The monoisotopic (exact) mass is 550 g/mol. The lowest BCUT2D eigenvalue weighted by Gasteiger charge is -2.18. The molecule has 0 aliphatic carbocycles. The number of pyridine rings is 1. The third-order valence-corrected chi connectivity index (χ3v) is 5.62. The highest BCUT2D eigenvalue weighted by molar-refractivity contribution is 7.09. The third-order valence-electron chi connectivity index (χ3n) is 4.76. The Morgan fingerprint density at radius 2 is 1.57 bits per heavy atom. The molecule has 3 aromatic heterocycles. The zero-order chi connectivity index (χ0) is 27.6. The van der Waals surface area contributed by atoms with E-state index in [0.717, 1.165) is 43.7 Å². The van der Waals surface area contributed by atoms with Crippen molar-refractivity contribution >= 4 is 23.3 Å². The molecule has 0 atom stereocenters. The van der Waals surface area contributed by atoms with E-state index >= 15 is 0 Å². The van der Waals surface area contributed by atoms with Gasteiger partial charge < -0.3 is 10.2 Å². The van der Waals surface area contributed by atoms with Crippen LogP contribution in [0.5, 0.6) is 0 Å². The number of hydrogen-bond acceptors (Lipinski definition) is 7. The summed E-state index contributed by atoms with van der Waals surface area (Å²) in [5.74, 6) is -5.51. The molecule has 8 nitrogen and oxygen atoms in total. The van der Waals surface area contributed by atoms with E-state index in [0.29, 0.717) is 0 Å². The Morgan fingerprint density at radius 1 is 0.946 bits per heavy atom. The van der Waals surface area contributed by atoms with E-state index in [4.69, 9.17) is 19.8 Å². The normalized spacial score (nSPS) is 13.7. The van der Waals surface area contributed by atoms with E-state index in [9.17, 15) is 26.3 Å². The summed E-state index contributed by atoms with van der Waals surface area (Å²) in [6, 6.07) is 8.37. The molecule has 0 aromatic carbocycles. The summed E-state index contributed by atoms with van der Waals surface area (Å²) in [4.78, 5) is 35.0. The first kappa shape index (κ1) is 29.6. The Morgan fingerprint density at radius 3 is 2.08 bits per heavy atom. The quantitative estimate of drug-likeness (QED) is 0.459. The second-order valence-corrected chi connectivity index (χ2v) is 8.38. The van der Waals surface area contributed by atoms with Gasteiger partial charge >= 0.3 is 24.3 Å². The second-order valence-electron chi connectivity index (χ2n) is 7.35. The minimum Gasteiger partial charge on any atom is -0.475 e. The van der Waals surface area contributed by atoms with Gasteiger partial charge in [-0.25, -0.2) is 19.6 Å². The minimum absolute atomic E-state index is 0.983. The number of nitrogens with zero attached hydrogens (tertiary/aromatic N) is 4. The van der Waals surface area contributed by atoms with Crippen LogP contribution < -0.4 is 0 Å². The number of rotatable bonds is 3. The number of carbonyl (C=O) groups is 2. The standard InChI is InChI=1S/C18H18N4S.2C2HF3O2/c1-3-14(11-19-7-1)18-16-5-8-22(12-15-4-2-10-23-15)9-6-17(16)20-13-21-18;2*3-2(4,5)1(6)7/h1-4,7,10-11,13H,5-6,8-9,12H2;2*(H,6,7). The van der Waals surface area contributed by atoms with Gasteiger partial charge in [-0.15, -0.1) is 11.3 Å². The maximum absolute atomic E-state index is 10.6. The van der Waals surface area contributed by atoms with Gasteiger partial charge in [-0.2, -0.15) is 26.3 Å². The zero-order valence-electron chi connectivity index (χ0n) is 18.8. The van der Waals surface area contributed by atoms with Gasteiger partial charge in [0.25, 0.3) is 0 Å². The fourth-order valence-electron chi connectivity index (χ4n) is 3.11. The fraction of sp³-hybridized carbons (Fsp3) is 0.318. The summed E-state index contributed by atoms with van der Waals surface area (Å²) >= 11 is 1.83. The molecular weight excluding hydrogens is 530 g/mol. The highest BCUT2D eigenvalue weighted by atomic mass is 32.1. The number of alkyl halides is 6. The van der Waals surface area contributed by atoms with Crippen molar-refractivity contribution in [3.05, 3.63) is 64.5 Å². The minimum atomic E-state index is -5.08. The lowest BCUT2D eigenvalue weighted by molar-refractivity contribution is -0.193. The first-order valence-electron chi connectivity index (χ1n) is 10.4. The Labute approximate surface area is 210 Å². The van der Waals surface area contributed by atoms with Gasteiger partial charge in [-0.05, 0) is 30.0 Å². The van der Waals surface area contributed by atoms with Crippen molar-refractivity contribution in [2.24, 2.45) is 0 Å². The van der Waals surface area contributed by atoms with Gasteiger partial charge in [-0.1, -0.05) is 6.07 Å². The molecule has 0 radical (unpaired) electrons. The molecule has 1 aliphatic rings. The van der Waals surface area contributed by atoms with E-state index in [1.807, 2.05) is 23.6 Å². The molecule has 0 saturated heterocycles. The molecule has 37 heavy (non-hydrogen) atoms. The highest BCUT2D eigenvalue weighted by Gasteiger charge is 2.38. The predicted molar refractivity (Wildman–Crippen MR) is 120 cm³/mol. The fourth-order valence-corrected chi connectivity index (χ4v) is 3.85. The number of carboxylic acids is 2. The smallest absolute Gasteiger partial charge is 0.475 e. The van der Waals surface area contributed by atoms with Crippen molar-refractivity contribution in [3.63, 3.8) is 0 Å². The maximum Gasteiger partial charge on any atom is 0.490 e. The topological polar surface area (TPSA) is 117 Å². The van der Waals surface area contributed by atoms with Gasteiger partial charge in [0.1, 0.15) is 6.33 Å². The molecule has 4 heterocycles. The van der Waals surface area contributed by atoms with Crippen molar-refractivity contribution in [2.75, 3.05) is 13.1 Å². The molecule has 200 valence electrons. The van der Waals surface area contributed by atoms with Crippen LogP contribution in [0.2, 0.25) is 0 Å². The molecule has 0 unspecified atom stereocenters. The van der Waals surface area contributed by atoms with E-state index < -0.39 is 24.3 Å². The Balaban J connectivity index is 0.000000286. The molecule has 0 spiro atoms. The van der Waals surface area contributed by atoms with Crippen molar-refractivity contribution in [2.45, 2.75) is 31.7 Å². The van der Waals surface area contributed by atoms with Crippen LogP contribution in [0.1, 0.15) is 16.1 Å². The maximum atomic E-state index is 10.6. The van der Waals surface area contributed by atoms with Crippen molar-refractivity contribution in [1.82, 2.24) is 19.9 Å². The van der Waals surface area contributed by atoms with Crippen molar-refractivity contribution in [1.29, 1.82) is 0 Å². The van der Waals surface area contributed by atoms with Crippen LogP contribution in [0.3, 0.4) is 0 Å². The van der Waals surface area contributed by atoms with Gasteiger partial charge in [0.05, 0.1) is 5.69 Å². The van der Waals surface area contributed by atoms with Gasteiger partial charge in [0.15, 0.2) is 0 Å². The van der Waals surface area contributed by atoms with Gasteiger partial charge in [0.2, 0.25) is 0 Å². The number of hydrogen-bond donors (Lipinski definition) is 2. The molecule has 0 fully saturated rings. The van der Waals surface area contributed by atoms with Crippen molar-refractivity contribution in [3.8, 4) is 11.3 Å². The average molecular weight is 550 g/mol. The largest absolute Gasteiger partial charge is 0.490 e. The Kier molecular flexibility index (Phi) is 10.5. The van der Waals surface area contributed by atoms with Crippen LogP contribution in [0.25, 0.3) is 11.3 Å². The molecule has 0 amide bonds. The van der Waals surface area contributed by atoms with Crippen LogP contribution >= 0.6 is 11.3 Å². The van der Waals surface area contributed by atoms with Gasteiger partial charge in [-0.3, -0.25) is 9.88 Å². The summed E-state index contributed by atoms with van der Waals surface area (Å²) in [6.07, 6.45) is -2.82. The molecular formula is C22H20F6N4O4S. The second kappa shape index (κ2) is 13.1. The van der Waals surface area contributed by atoms with Crippen molar-refractivity contribution < 1.29 is 46.1 Å². The van der Waals surface area contributed by atoms with E-state index in [1.165, 1.54) is 16.1 Å². The Bertz CT molecular complexity index is 1130. The van der Waals surface area contributed by atoms with Gasteiger partial charge in [0, 0.05) is 60.1 Å². The molecule has 0 saturated carbocycles. The molecule has 0 bridgehead atoms. The summed E-state index contributed by atoms with van der Waals surface area (Å²) in [7, 11) is 0. The third kappa shape index (κ3) is 9.76. The SMILES string of the molecule is O=C(O)C(F)(F)F.O=C(O)C(F)(F)F.c1cncc(-c2ncnc3c2CCN(Cc2cccs2)CC3)c1. The molecule has 3 aromatic rings. The number of aromatic nitrogens is 3. The van der Waals surface area contributed by atoms with Crippen LogP contribution in [0.4, 0.5) is 26.3 Å². The van der Waals surface area contributed by atoms with E-state index in [-0.39, 0.29) is 0 Å². The van der Waals surface area contributed by atoms with E-state index in [1.54, 1.807) is 12.5 Å². The first-order chi connectivity index (χ1) is 17.3. The lowest BCUT2D eigenvalue weighted by atomic mass is 10.0. The summed E-state index contributed by atoms with van der Waals surface area (Å²) in [5, 5.41) is 16.4. The molecule has 15 heteroatoms. The Hall–Kier alpha value is -3.59. The van der Waals surface area contributed by atoms with Crippen LogP contribution in [-0.4, -0.2) is 67.4 Å². The average Bonchev–Trinajstić information content (AvgIpc) is 3.25. The van der Waals surface area contributed by atoms with Crippen LogP contribution in [0, 0.1) is 0 Å². The number of halogens is 6.